The van der Waals surface area contributed by atoms with E-state index in [2.05, 4.69) is 20.8 Å². The van der Waals surface area contributed by atoms with Gasteiger partial charge in [0.1, 0.15) is 0 Å². The van der Waals surface area contributed by atoms with Crippen LogP contribution in [-0.2, 0) is 4.74 Å². The molecule has 27 heavy (non-hydrogen) atoms. The van der Waals surface area contributed by atoms with Crippen LogP contribution in [0.1, 0.15) is 156 Å². The summed E-state index contributed by atoms with van der Waals surface area (Å²) in [4.78, 5) is 0. The van der Waals surface area contributed by atoms with Crippen molar-refractivity contribution in [3.8, 4) is 0 Å². The molecule has 0 fully saturated rings. The van der Waals surface area contributed by atoms with Crippen LogP contribution in [0.5, 0.6) is 0 Å². The smallest absolute Gasteiger partial charge is 0.0572 e. The molecule has 0 aliphatic rings. The number of rotatable bonds is 23. The van der Waals surface area contributed by atoms with Crippen LogP contribution < -0.4 is 0 Å². The molecule has 164 valence electrons. The van der Waals surface area contributed by atoms with Crippen molar-refractivity contribution in [1.82, 2.24) is 0 Å². The molecule has 0 bridgehead atoms. The molecule has 0 aromatic carbocycles. The molecular weight excluding hydrogens is 328 g/mol. The zero-order valence-corrected chi connectivity index (χ0v) is 19.5. The Labute approximate surface area is 173 Å². The maximum atomic E-state index is 6.14. The highest BCUT2D eigenvalue weighted by Crippen LogP contribution is 2.15. The van der Waals surface area contributed by atoms with Crippen molar-refractivity contribution in [2.24, 2.45) is 0 Å². The highest BCUT2D eigenvalue weighted by molar-refractivity contribution is 4.57. The summed E-state index contributed by atoms with van der Waals surface area (Å²) in [6.07, 6.45) is 29.8. The summed E-state index contributed by atoms with van der Waals surface area (Å²) >= 11 is 0. The van der Waals surface area contributed by atoms with Crippen molar-refractivity contribution < 1.29 is 4.74 Å². The Morgan fingerprint density at radius 2 is 0.815 bits per heavy atom. The Kier molecular flexibility index (Phi) is 24.0. The summed E-state index contributed by atoms with van der Waals surface area (Å²) in [5.74, 6) is 0. The van der Waals surface area contributed by atoms with Crippen LogP contribution in [0.3, 0.4) is 0 Å². The second-order valence-corrected chi connectivity index (χ2v) is 8.70. The van der Waals surface area contributed by atoms with E-state index in [1.807, 2.05) is 0 Å². The molecule has 0 spiro atoms. The first-order valence-corrected chi connectivity index (χ1v) is 13.0. The van der Waals surface area contributed by atoms with Gasteiger partial charge in [-0.25, -0.2) is 0 Å². The van der Waals surface area contributed by atoms with E-state index in [4.69, 9.17) is 4.74 Å². The number of hydrogen-bond donors (Lipinski definition) is 0. The molecule has 1 heteroatoms. The lowest BCUT2D eigenvalue weighted by molar-refractivity contribution is 0.0406. The minimum absolute atomic E-state index is 0.521. The summed E-state index contributed by atoms with van der Waals surface area (Å²) < 4.78 is 6.14. The van der Waals surface area contributed by atoms with E-state index in [0.29, 0.717) is 6.10 Å². The largest absolute Gasteiger partial charge is 0.378 e. The van der Waals surface area contributed by atoms with Gasteiger partial charge in [-0.1, -0.05) is 136 Å². The monoisotopic (exact) mass is 382 g/mol. The van der Waals surface area contributed by atoms with E-state index < -0.39 is 0 Å². The zero-order chi connectivity index (χ0) is 19.8. The molecule has 0 aliphatic heterocycles. The Morgan fingerprint density at radius 1 is 0.444 bits per heavy atom. The number of hydrogen-bond acceptors (Lipinski definition) is 1. The van der Waals surface area contributed by atoms with Crippen LogP contribution in [-0.4, -0.2) is 12.7 Å². The molecule has 0 heterocycles. The summed E-state index contributed by atoms with van der Waals surface area (Å²) in [7, 11) is 0. The molecule has 1 nitrogen and oxygen atoms in total. The van der Waals surface area contributed by atoms with Gasteiger partial charge in [-0.3, -0.25) is 0 Å². The number of ether oxygens (including phenoxy) is 1. The van der Waals surface area contributed by atoms with Crippen LogP contribution in [0.2, 0.25) is 0 Å². The highest BCUT2D eigenvalue weighted by atomic mass is 16.5. The van der Waals surface area contributed by atoms with Gasteiger partial charge in [-0.15, -0.1) is 0 Å². The third-order valence-corrected chi connectivity index (χ3v) is 5.94. The van der Waals surface area contributed by atoms with E-state index in [9.17, 15) is 0 Å². The van der Waals surface area contributed by atoms with Gasteiger partial charge in [0.15, 0.2) is 0 Å². The predicted molar refractivity (Wildman–Crippen MR) is 124 cm³/mol. The fourth-order valence-corrected chi connectivity index (χ4v) is 3.93. The predicted octanol–water partition coefficient (Wildman–Crippen LogP) is 9.62. The van der Waals surface area contributed by atoms with Gasteiger partial charge in [0.2, 0.25) is 0 Å². The fourth-order valence-electron chi connectivity index (χ4n) is 3.93. The third-order valence-electron chi connectivity index (χ3n) is 5.94. The molecule has 0 amide bonds. The van der Waals surface area contributed by atoms with Crippen LogP contribution >= 0.6 is 0 Å². The maximum absolute atomic E-state index is 6.14. The van der Waals surface area contributed by atoms with Crippen molar-refractivity contribution in [1.29, 1.82) is 0 Å². The first-order valence-electron chi connectivity index (χ1n) is 13.0. The molecule has 0 N–H and O–H groups in total. The van der Waals surface area contributed by atoms with Gasteiger partial charge in [0.25, 0.3) is 0 Å². The minimum atomic E-state index is 0.521. The average molecular weight is 383 g/mol. The Balaban J connectivity index is 3.27. The molecule has 0 saturated heterocycles. The lowest BCUT2D eigenvalue weighted by atomic mass is 10.0. The lowest BCUT2D eigenvalue weighted by Crippen LogP contribution is -2.12. The van der Waals surface area contributed by atoms with Gasteiger partial charge in [-0.05, 0) is 19.3 Å². The van der Waals surface area contributed by atoms with Crippen LogP contribution in [0.25, 0.3) is 0 Å². The first kappa shape index (κ1) is 27.0. The highest BCUT2D eigenvalue weighted by Gasteiger charge is 2.06. The molecule has 0 rings (SSSR count). The van der Waals surface area contributed by atoms with Crippen LogP contribution in [0.15, 0.2) is 0 Å². The van der Waals surface area contributed by atoms with E-state index in [0.717, 1.165) is 6.61 Å². The van der Waals surface area contributed by atoms with Gasteiger partial charge >= 0.3 is 0 Å². The van der Waals surface area contributed by atoms with Crippen LogP contribution in [0.4, 0.5) is 0 Å². The van der Waals surface area contributed by atoms with E-state index in [1.54, 1.807) is 0 Å². The van der Waals surface area contributed by atoms with E-state index in [1.165, 1.54) is 135 Å². The summed E-state index contributed by atoms with van der Waals surface area (Å²) in [6, 6.07) is 0. The molecule has 0 unspecified atom stereocenters. The van der Waals surface area contributed by atoms with Gasteiger partial charge < -0.3 is 4.74 Å². The standard InChI is InChI=1S/C26H54O/c1-4-7-9-11-13-15-17-19-21-23-25-27-26(6-3)24-22-20-18-16-14-12-10-8-5-2/h26H,4-25H2,1-3H3/t26-/m1/s1. The lowest BCUT2D eigenvalue weighted by Gasteiger charge is -2.16. The van der Waals surface area contributed by atoms with E-state index in [-0.39, 0.29) is 0 Å². The first-order chi connectivity index (χ1) is 13.3. The summed E-state index contributed by atoms with van der Waals surface area (Å²) in [6.45, 7) is 7.87. The SMILES string of the molecule is CCCCCCCCCCCCO[C@H](CC)CCCCCCCCCCC. The van der Waals surface area contributed by atoms with Gasteiger partial charge in [-0.2, -0.15) is 0 Å². The average Bonchev–Trinajstić information content (AvgIpc) is 2.69. The molecule has 0 radical (unpaired) electrons. The van der Waals surface area contributed by atoms with Crippen molar-refractivity contribution in [2.75, 3.05) is 6.61 Å². The molecular formula is C26H54O. The van der Waals surface area contributed by atoms with E-state index >= 15 is 0 Å². The second kappa shape index (κ2) is 24.0. The van der Waals surface area contributed by atoms with Crippen molar-refractivity contribution >= 4 is 0 Å². The molecule has 1 atom stereocenters. The molecule has 0 aromatic rings. The Bertz CT molecular complexity index is 251. The Morgan fingerprint density at radius 3 is 1.22 bits per heavy atom. The fraction of sp³-hybridized carbons (Fsp3) is 1.00. The normalized spacial score (nSPS) is 12.6. The summed E-state index contributed by atoms with van der Waals surface area (Å²) in [5, 5.41) is 0. The number of unbranched alkanes of at least 4 members (excludes halogenated alkanes) is 17. The maximum Gasteiger partial charge on any atom is 0.0572 e. The van der Waals surface area contributed by atoms with Gasteiger partial charge in [0, 0.05) is 6.61 Å². The molecule has 0 aliphatic carbocycles. The molecule has 0 saturated carbocycles. The second-order valence-electron chi connectivity index (χ2n) is 8.70. The quantitative estimate of drug-likeness (QED) is 0.160. The molecule has 0 aromatic heterocycles. The summed E-state index contributed by atoms with van der Waals surface area (Å²) in [5.41, 5.74) is 0. The Hall–Kier alpha value is -0.0400. The van der Waals surface area contributed by atoms with Crippen molar-refractivity contribution in [3.05, 3.63) is 0 Å². The van der Waals surface area contributed by atoms with Crippen LogP contribution in [0, 0.1) is 0 Å². The topological polar surface area (TPSA) is 9.23 Å². The van der Waals surface area contributed by atoms with Crippen molar-refractivity contribution in [3.63, 3.8) is 0 Å². The third kappa shape index (κ3) is 22.1. The van der Waals surface area contributed by atoms with Gasteiger partial charge in [0.05, 0.1) is 6.10 Å². The zero-order valence-electron chi connectivity index (χ0n) is 19.5. The minimum Gasteiger partial charge on any atom is -0.378 e. The van der Waals surface area contributed by atoms with Crippen molar-refractivity contribution in [2.45, 2.75) is 162 Å².